The minimum atomic E-state index is 0. The van der Waals surface area contributed by atoms with Crippen LogP contribution in [0.25, 0.3) is 0 Å². The number of halogens is 1. The van der Waals surface area contributed by atoms with E-state index in [9.17, 15) is 0 Å². The molecule has 2 N–H and O–H groups in total. The second kappa shape index (κ2) is 11.2. The summed E-state index contributed by atoms with van der Waals surface area (Å²) in [5.41, 5.74) is 2.30. The van der Waals surface area contributed by atoms with Crippen LogP contribution in [0.15, 0.2) is 27.7 Å². The van der Waals surface area contributed by atoms with Crippen LogP contribution in [0.5, 0.6) is 5.75 Å². The molecule has 1 aromatic carbocycles. The number of aryl methyl sites for hydroxylation is 2. The highest BCUT2D eigenvalue weighted by molar-refractivity contribution is 14.0. The van der Waals surface area contributed by atoms with Gasteiger partial charge in [0.1, 0.15) is 5.75 Å². The van der Waals surface area contributed by atoms with E-state index in [2.05, 4.69) is 45.9 Å². The summed E-state index contributed by atoms with van der Waals surface area (Å²) in [5.74, 6) is 2.83. The van der Waals surface area contributed by atoms with Crippen molar-refractivity contribution in [1.29, 1.82) is 0 Å². The lowest BCUT2D eigenvalue weighted by Crippen LogP contribution is -2.36. The Morgan fingerprint density at radius 3 is 2.71 bits per heavy atom. The number of nitrogens with one attached hydrogen (secondary N) is 2. The first-order valence-corrected chi connectivity index (χ1v) is 9.71. The zero-order valence-corrected chi connectivity index (χ0v) is 19.2. The third-order valence-electron chi connectivity index (χ3n) is 4.55. The molecule has 1 heterocycles. The van der Waals surface area contributed by atoms with E-state index in [1.807, 2.05) is 6.92 Å². The third kappa shape index (κ3) is 6.65. The zero-order valence-electron chi connectivity index (χ0n) is 16.8. The second-order valence-electron chi connectivity index (χ2n) is 6.92. The molecule has 1 aliphatic rings. The lowest BCUT2D eigenvalue weighted by molar-refractivity contribution is 0.208. The number of rotatable bonds is 7. The summed E-state index contributed by atoms with van der Waals surface area (Å²) in [4.78, 5) is 8.89. The molecule has 3 rings (SSSR count). The average Bonchev–Trinajstić information content (AvgIpc) is 3.30. The summed E-state index contributed by atoms with van der Waals surface area (Å²) in [6, 6.07) is 6.33. The van der Waals surface area contributed by atoms with Crippen molar-refractivity contribution in [1.82, 2.24) is 20.8 Å². The van der Waals surface area contributed by atoms with Crippen molar-refractivity contribution in [2.75, 3.05) is 6.54 Å². The molecular weight excluding hydrogens is 469 g/mol. The van der Waals surface area contributed by atoms with Crippen molar-refractivity contribution in [2.24, 2.45) is 4.99 Å². The van der Waals surface area contributed by atoms with E-state index < -0.39 is 0 Å². The van der Waals surface area contributed by atoms with Crippen LogP contribution in [0.4, 0.5) is 0 Å². The van der Waals surface area contributed by atoms with E-state index in [0.29, 0.717) is 36.9 Å². The van der Waals surface area contributed by atoms with Crippen LogP contribution >= 0.6 is 24.0 Å². The highest BCUT2D eigenvalue weighted by Crippen LogP contribution is 2.28. The van der Waals surface area contributed by atoms with Crippen molar-refractivity contribution >= 4 is 29.9 Å². The zero-order chi connectivity index (χ0) is 19.1. The van der Waals surface area contributed by atoms with Gasteiger partial charge in [0.25, 0.3) is 0 Å². The van der Waals surface area contributed by atoms with Crippen LogP contribution < -0.4 is 15.4 Å². The molecule has 0 atom stereocenters. The molecule has 0 amide bonds. The van der Waals surface area contributed by atoms with Gasteiger partial charge < -0.3 is 19.9 Å². The lowest BCUT2D eigenvalue weighted by Gasteiger charge is -2.17. The Balaban J connectivity index is 0.00000280. The van der Waals surface area contributed by atoms with Gasteiger partial charge in [-0.05, 0) is 58.1 Å². The number of aliphatic imine (C=N–C) groups is 1. The largest absolute Gasteiger partial charge is 0.490 e. The van der Waals surface area contributed by atoms with Gasteiger partial charge in [-0.15, -0.1) is 24.0 Å². The molecule has 1 aliphatic carbocycles. The number of guanidine groups is 1. The molecule has 8 heteroatoms. The molecule has 1 saturated carbocycles. The van der Waals surface area contributed by atoms with E-state index in [1.54, 1.807) is 6.92 Å². The van der Waals surface area contributed by atoms with Gasteiger partial charge in [-0.3, -0.25) is 0 Å². The van der Waals surface area contributed by atoms with Gasteiger partial charge in [-0.2, -0.15) is 4.98 Å². The highest BCUT2D eigenvalue weighted by Gasteiger charge is 2.18. The minimum Gasteiger partial charge on any atom is -0.490 e. The second-order valence-corrected chi connectivity index (χ2v) is 6.92. The number of hydrogen-bond acceptors (Lipinski definition) is 5. The number of benzene rings is 1. The van der Waals surface area contributed by atoms with E-state index in [-0.39, 0.29) is 24.0 Å². The lowest BCUT2D eigenvalue weighted by atomic mass is 10.1. The molecule has 1 fully saturated rings. The first kappa shape index (κ1) is 22.4. The molecule has 0 bridgehead atoms. The normalized spacial score (nSPS) is 14.6. The fourth-order valence-electron chi connectivity index (χ4n) is 3.17. The predicted octanol–water partition coefficient (Wildman–Crippen LogP) is 3.88. The molecule has 1 aromatic heterocycles. The van der Waals surface area contributed by atoms with E-state index in [4.69, 9.17) is 14.3 Å². The van der Waals surface area contributed by atoms with Gasteiger partial charge in [0.05, 0.1) is 19.2 Å². The molecule has 0 radical (unpaired) electrons. The Bertz CT molecular complexity index is 772. The Labute approximate surface area is 183 Å². The summed E-state index contributed by atoms with van der Waals surface area (Å²) in [7, 11) is 0. The van der Waals surface area contributed by atoms with E-state index in [1.165, 1.54) is 18.4 Å². The average molecular weight is 499 g/mol. The van der Waals surface area contributed by atoms with Crippen LogP contribution in [-0.2, 0) is 13.1 Å². The molecule has 2 aromatic rings. The van der Waals surface area contributed by atoms with E-state index >= 15 is 0 Å². The van der Waals surface area contributed by atoms with E-state index in [0.717, 1.165) is 30.7 Å². The van der Waals surface area contributed by atoms with Crippen LogP contribution in [-0.4, -0.2) is 28.7 Å². The van der Waals surface area contributed by atoms with Crippen molar-refractivity contribution in [2.45, 2.75) is 65.6 Å². The molecular formula is C20H30IN5O2. The van der Waals surface area contributed by atoms with Crippen molar-refractivity contribution in [3.8, 4) is 5.75 Å². The monoisotopic (exact) mass is 499 g/mol. The minimum absolute atomic E-state index is 0. The number of hydrogen-bond donors (Lipinski definition) is 2. The fraction of sp³-hybridized carbons (Fsp3) is 0.550. The summed E-state index contributed by atoms with van der Waals surface area (Å²) in [6.45, 7) is 7.68. The molecule has 154 valence electrons. The molecule has 28 heavy (non-hydrogen) atoms. The van der Waals surface area contributed by atoms with Crippen molar-refractivity contribution in [3.63, 3.8) is 0 Å². The SMILES string of the molecule is CCNC(=NCc1ccc(C)cc1OC1CCCC1)NCc1nc(C)no1.I. The Morgan fingerprint density at radius 2 is 2.04 bits per heavy atom. The molecule has 0 aliphatic heterocycles. The summed E-state index contributed by atoms with van der Waals surface area (Å²) < 4.78 is 11.4. The predicted molar refractivity (Wildman–Crippen MR) is 120 cm³/mol. The summed E-state index contributed by atoms with van der Waals surface area (Å²) in [5, 5.41) is 10.3. The van der Waals surface area contributed by atoms with Crippen LogP contribution in [0.1, 0.15) is 55.4 Å². The first-order chi connectivity index (χ1) is 13.1. The summed E-state index contributed by atoms with van der Waals surface area (Å²) >= 11 is 0. The maximum atomic E-state index is 6.27. The molecule has 0 unspecified atom stereocenters. The maximum absolute atomic E-state index is 6.27. The van der Waals surface area contributed by atoms with Gasteiger partial charge in [0.15, 0.2) is 11.8 Å². The van der Waals surface area contributed by atoms with Crippen LogP contribution in [0.2, 0.25) is 0 Å². The third-order valence-corrected chi connectivity index (χ3v) is 4.55. The topological polar surface area (TPSA) is 84.6 Å². The quantitative estimate of drug-likeness (QED) is 0.342. The standard InChI is InChI=1S/C20H29N5O2.HI/c1-4-21-20(23-13-19-24-15(3)25-27-19)22-12-16-10-9-14(2)11-18(16)26-17-7-5-6-8-17;/h9-11,17H,4-8,12-13H2,1-3H3,(H2,21,22,23);1H. The molecule has 0 saturated heterocycles. The number of ether oxygens (including phenoxy) is 1. The van der Waals surface area contributed by atoms with Crippen LogP contribution in [0, 0.1) is 13.8 Å². The van der Waals surface area contributed by atoms with Gasteiger partial charge in [-0.25, -0.2) is 4.99 Å². The summed E-state index contributed by atoms with van der Waals surface area (Å²) in [6.07, 6.45) is 5.14. The maximum Gasteiger partial charge on any atom is 0.246 e. The van der Waals surface area contributed by atoms with Crippen molar-refractivity contribution in [3.05, 3.63) is 41.0 Å². The number of aromatic nitrogens is 2. The smallest absolute Gasteiger partial charge is 0.246 e. The van der Waals surface area contributed by atoms with Crippen LogP contribution in [0.3, 0.4) is 0 Å². The first-order valence-electron chi connectivity index (χ1n) is 9.71. The number of nitrogens with zero attached hydrogens (tertiary/aromatic N) is 3. The van der Waals surface area contributed by atoms with Gasteiger partial charge in [-0.1, -0.05) is 17.3 Å². The van der Waals surface area contributed by atoms with Gasteiger partial charge >= 0.3 is 0 Å². The highest BCUT2D eigenvalue weighted by atomic mass is 127. The fourth-order valence-corrected chi connectivity index (χ4v) is 3.17. The Kier molecular flexibility index (Phi) is 9.01. The Morgan fingerprint density at radius 1 is 1.25 bits per heavy atom. The molecule has 0 spiro atoms. The van der Waals surface area contributed by atoms with Gasteiger partial charge in [0, 0.05) is 12.1 Å². The van der Waals surface area contributed by atoms with Gasteiger partial charge in [0.2, 0.25) is 5.89 Å². The Hall–Kier alpha value is -1.84. The van der Waals surface area contributed by atoms with Crippen molar-refractivity contribution < 1.29 is 9.26 Å². The molecule has 7 nitrogen and oxygen atoms in total.